The van der Waals surface area contributed by atoms with Crippen LogP contribution in [0.4, 0.5) is 5.69 Å². The monoisotopic (exact) mass is 561 g/mol. The number of aromatic nitrogens is 1. The van der Waals surface area contributed by atoms with Crippen LogP contribution < -0.4 is 26.8 Å². The fourth-order valence-electron chi connectivity index (χ4n) is 5.51. The van der Waals surface area contributed by atoms with E-state index in [0.29, 0.717) is 17.1 Å². The lowest BCUT2D eigenvalue weighted by Gasteiger charge is -2.61. The van der Waals surface area contributed by atoms with E-state index in [1.807, 2.05) is 0 Å². The maximum Gasteiger partial charge on any atom is 0.287 e. The molecule has 3 aliphatic carbocycles. The molecule has 3 saturated carbocycles. The normalized spacial score (nSPS) is 19.3. The molecule has 0 saturated heterocycles. The van der Waals surface area contributed by atoms with E-state index < -0.39 is 35.1 Å². The summed E-state index contributed by atoms with van der Waals surface area (Å²) < 4.78 is 6.89. The van der Waals surface area contributed by atoms with Crippen molar-refractivity contribution in [1.29, 1.82) is 0 Å². The molecule has 3 fully saturated rings. The van der Waals surface area contributed by atoms with Crippen molar-refractivity contribution in [2.75, 3.05) is 12.4 Å². The number of hydrogen-bond acceptors (Lipinski definition) is 7. The number of carbonyl (C=O) groups excluding carboxylic acids is 5. The zero-order valence-electron chi connectivity index (χ0n) is 22.7. The van der Waals surface area contributed by atoms with Gasteiger partial charge in [0.1, 0.15) is 23.9 Å². The van der Waals surface area contributed by atoms with Crippen molar-refractivity contribution >= 4 is 46.1 Å². The summed E-state index contributed by atoms with van der Waals surface area (Å²) in [7, 11) is 1.31. The summed E-state index contributed by atoms with van der Waals surface area (Å²) in [5.41, 5.74) is 0.226. The Morgan fingerprint density at radius 3 is 2.46 bits per heavy atom. The van der Waals surface area contributed by atoms with Crippen molar-refractivity contribution in [2.45, 2.75) is 57.2 Å². The molecule has 12 nitrogen and oxygen atoms in total. The largest absolute Gasteiger partial charge is 0.451 e. The number of para-hydroxylation sites is 1. The molecule has 214 valence electrons. The van der Waals surface area contributed by atoms with Gasteiger partial charge >= 0.3 is 0 Å². The minimum absolute atomic E-state index is 0.00146. The number of furan rings is 1. The van der Waals surface area contributed by atoms with Crippen LogP contribution in [0.1, 0.15) is 48.2 Å². The van der Waals surface area contributed by atoms with Crippen LogP contribution in [-0.4, -0.2) is 52.6 Å². The summed E-state index contributed by atoms with van der Waals surface area (Å²) in [4.78, 5) is 75.9. The van der Waals surface area contributed by atoms with Crippen LogP contribution in [-0.2, 0) is 25.7 Å². The van der Waals surface area contributed by atoms with E-state index in [1.54, 1.807) is 31.2 Å². The summed E-state index contributed by atoms with van der Waals surface area (Å²) in [5, 5.41) is 11.0. The fraction of sp³-hybridized carbons (Fsp3) is 0.379. The van der Waals surface area contributed by atoms with Gasteiger partial charge < -0.3 is 30.3 Å². The summed E-state index contributed by atoms with van der Waals surface area (Å²) in [6, 6.07) is 8.69. The Labute approximate surface area is 234 Å². The molecule has 4 N–H and O–H groups in total. The topological polar surface area (TPSA) is 169 Å². The molecular formula is C29H31N5O7. The number of nitrogens with one attached hydrogen (secondary N) is 4. The first kappa shape index (κ1) is 27.8. The number of aryl methyl sites for hydroxylation is 1. The molecule has 1 aromatic carbocycles. The number of fused-ring (bicyclic) bond motifs is 1. The Hall–Kier alpha value is -4.74. The van der Waals surface area contributed by atoms with Gasteiger partial charge in [-0.1, -0.05) is 18.2 Å². The van der Waals surface area contributed by atoms with Gasteiger partial charge in [-0.3, -0.25) is 28.8 Å². The predicted octanol–water partition coefficient (Wildman–Crippen LogP) is 1.40. The van der Waals surface area contributed by atoms with E-state index in [2.05, 4.69) is 21.3 Å². The van der Waals surface area contributed by atoms with Crippen molar-refractivity contribution in [3.63, 3.8) is 0 Å². The molecule has 2 aromatic heterocycles. The van der Waals surface area contributed by atoms with Crippen molar-refractivity contribution < 1.29 is 28.4 Å². The zero-order valence-corrected chi connectivity index (χ0v) is 22.7. The molecule has 2 heterocycles. The minimum atomic E-state index is -1.29. The molecule has 41 heavy (non-hydrogen) atoms. The second-order valence-corrected chi connectivity index (χ2v) is 10.8. The Morgan fingerprint density at radius 2 is 1.80 bits per heavy atom. The fourth-order valence-corrected chi connectivity index (χ4v) is 5.51. The second-order valence-electron chi connectivity index (χ2n) is 10.8. The lowest BCUT2D eigenvalue weighted by Crippen LogP contribution is -2.68. The van der Waals surface area contributed by atoms with E-state index in [-0.39, 0.29) is 42.3 Å². The molecule has 12 heteroatoms. The first-order valence-corrected chi connectivity index (χ1v) is 13.4. The standard InChI is InChI=1S/C29H31N5O7/c1-16-18-6-3-4-8-22(18)41-24(16)27(39)31-19(9-10-21(35)26(38)30-2)25(37)32-20-7-5-11-34(28(20)40)15-23(36)33-29-12-17(13-29)14-29/h3-8,11,17,19H,9-10,12-15H2,1-2H3,(H,30,38)(H,31,39)(H,32,37)(H,33,36)/t17?,19-,29?/m0/s1. The number of ketones is 1. The van der Waals surface area contributed by atoms with E-state index in [9.17, 15) is 28.8 Å². The van der Waals surface area contributed by atoms with Crippen LogP contribution in [0, 0.1) is 12.8 Å². The van der Waals surface area contributed by atoms with Crippen molar-refractivity contribution in [1.82, 2.24) is 20.5 Å². The molecule has 1 atom stereocenters. The van der Waals surface area contributed by atoms with Crippen LogP contribution in [0.25, 0.3) is 11.0 Å². The number of hydrogen-bond donors (Lipinski definition) is 4. The number of benzene rings is 1. The van der Waals surface area contributed by atoms with Gasteiger partial charge in [-0.05, 0) is 56.7 Å². The molecule has 3 aromatic rings. The average Bonchev–Trinajstić information content (AvgIpc) is 3.25. The highest BCUT2D eigenvalue weighted by Gasteiger charge is 2.57. The van der Waals surface area contributed by atoms with E-state index in [4.69, 9.17) is 4.42 Å². The average molecular weight is 562 g/mol. The first-order chi connectivity index (χ1) is 19.6. The number of carbonyl (C=O) groups is 5. The Morgan fingerprint density at radius 1 is 1.07 bits per heavy atom. The Bertz CT molecular complexity index is 1600. The van der Waals surface area contributed by atoms with Gasteiger partial charge in [-0.2, -0.15) is 0 Å². The first-order valence-electron chi connectivity index (χ1n) is 13.4. The van der Waals surface area contributed by atoms with Crippen LogP contribution in [0.2, 0.25) is 0 Å². The molecule has 0 unspecified atom stereocenters. The van der Waals surface area contributed by atoms with Gasteiger partial charge in [0.2, 0.25) is 17.6 Å². The van der Waals surface area contributed by atoms with Crippen LogP contribution in [0.5, 0.6) is 0 Å². The molecule has 0 radical (unpaired) electrons. The van der Waals surface area contributed by atoms with E-state index >= 15 is 0 Å². The number of anilines is 1. The third-order valence-electron chi connectivity index (χ3n) is 7.85. The molecule has 2 bridgehead atoms. The minimum Gasteiger partial charge on any atom is -0.451 e. The van der Waals surface area contributed by atoms with Crippen molar-refractivity contribution in [3.05, 3.63) is 64.3 Å². The predicted molar refractivity (Wildman–Crippen MR) is 148 cm³/mol. The van der Waals surface area contributed by atoms with Crippen LogP contribution in [0.15, 0.2) is 51.8 Å². The number of likely N-dealkylation sites (N-methyl/N-ethyl adjacent to an activating group) is 1. The van der Waals surface area contributed by atoms with Gasteiger partial charge in [0, 0.05) is 36.2 Å². The molecule has 6 rings (SSSR count). The van der Waals surface area contributed by atoms with E-state index in [1.165, 1.54) is 29.9 Å². The van der Waals surface area contributed by atoms with Gasteiger partial charge in [0.25, 0.3) is 17.4 Å². The Kier molecular flexibility index (Phi) is 7.48. The van der Waals surface area contributed by atoms with Gasteiger partial charge in [-0.25, -0.2) is 0 Å². The number of rotatable bonds is 11. The third kappa shape index (κ3) is 5.63. The molecule has 0 spiro atoms. The maximum atomic E-state index is 13.3. The van der Waals surface area contributed by atoms with Crippen LogP contribution in [0.3, 0.4) is 0 Å². The van der Waals surface area contributed by atoms with Gasteiger partial charge in [0.15, 0.2) is 5.76 Å². The SMILES string of the molecule is CNC(=O)C(=O)CC[C@H](NC(=O)c1oc2ccccc2c1C)C(=O)Nc1cccn(CC(=O)NC23CC(C2)C3)c1=O. The molecular weight excluding hydrogens is 530 g/mol. The number of nitrogens with zero attached hydrogens (tertiary/aromatic N) is 1. The molecule has 4 amide bonds. The quantitative estimate of drug-likeness (QED) is 0.257. The van der Waals surface area contributed by atoms with Crippen molar-refractivity contribution in [3.8, 4) is 0 Å². The summed E-state index contributed by atoms with van der Waals surface area (Å²) >= 11 is 0. The van der Waals surface area contributed by atoms with E-state index in [0.717, 1.165) is 24.6 Å². The lowest BCUT2D eigenvalue weighted by molar-refractivity contribution is -0.137. The smallest absolute Gasteiger partial charge is 0.287 e. The van der Waals surface area contributed by atoms with Gasteiger partial charge in [0.05, 0.1) is 0 Å². The maximum absolute atomic E-state index is 13.3. The van der Waals surface area contributed by atoms with Crippen molar-refractivity contribution in [2.24, 2.45) is 5.92 Å². The molecule has 0 aliphatic heterocycles. The van der Waals surface area contributed by atoms with Gasteiger partial charge in [-0.15, -0.1) is 0 Å². The summed E-state index contributed by atoms with van der Waals surface area (Å²) in [6.07, 6.45) is 3.80. The number of pyridine rings is 1. The third-order valence-corrected chi connectivity index (χ3v) is 7.85. The van der Waals surface area contributed by atoms with Crippen LogP contribution >= 0.6 is 0 Å². The highest BCUT2D eigenvalue weighted by atomic mass is 16.3. The molecule has 3 aliphatic rings. The Balaban J connectivity index is 1.31. The zero-order chi connectivity index (χ0) is 29.3. The highest BCUT2D eigenvalue weighted by Crippen LogP contribution is 2.56. The summed E-state index contributed by atoms with van der Waals surface area (Å²) in [6.45, 7) is 1.50. The summed E-state index contributed by atoms with van der Waals surface area (Å²) in [5.74, 6) is -2.66. The lowest BCUT2D eigenvalue weighted by atomic mass is 9.50. The second kappa shape index (κ2) is 11.0. The number of amides is 4. The highest BCUT2D eigenvalue weighted by molar-refractivity contribution is 6.36. The number of Topliss-reactive ketones (excluding diaryl/α,β-unsaturated/α-hetero) is 1.